The van der Waals surface area contributed by atoms with E-state index in [9.17, 15) is 0 Å². The lowest BCUT2D eigenvalue weighted by molar-refractivity contribution is 0.106. The van der Waals surface area contributed by atoms with Crippen LogP contribution in [-0.4, -0.2) is 7.28 Å². The summed E-state index contributed by atoms with van der Waals surface area (Å²) < 4.78 is 9.16. The van der Waals surface area contributed by atoms with Crippen molar-refractivity contribution in [2.75, 3.05) is 5.73 Å². The maximum Gasteiger partial charge on any atom is 0.217 e. The van der Waals surface area contributed by atoms with Gasteiger partial charge in [0.25, 0.3) is 0 Å². The fourth-order valence-electron chi connectivity index (χ4n) is 6.51. The number of hydrogen-bond acceptors (Lipinski definition) is 3. The van der Waals surface area contributed by atoms with Gasteiger partial charge in [0.2, 0.25) is 7.28 Å². The Bertz CT molecular complexity index is 1090. The van der Waals surface area contributed by atoms with Crippen LogP contribution in [0.1, 0.15) is 57.4 Å². The standard InChI is InChI=1S/C25H28BNOS/c1-2-25(13-15-6-5-7-16(10-15)14-25)17-11-19(27)22-20(12-17)28-23-18-8-3-4-9-21(18)29-24(23)26-22/h3-4,8-9,11-12,15-16,26H,2,5-7,10,13-14,27H2,1H3. The number of hydrogen-bond donors (Lipinski definition) is 1. The van der Waals surface area contributed by atoms with Crippen LogP contribution in [0.3, 0.4) is 0 Å². The Hall–Kier alpha value is -1.94. The van der Waals surface area contributed by atoms with Crippen LogP contribution >= 0.6 is 11.3 Å². The number of fused-ring (bicyclic) bond motifs is 6. The van der Waals surface area contributed by atoms with Gasteiger partial charge in [-0.05, 0) is 78.2 Å². The highest BCUT2D eigenvalue weighted by Gasteiger charge is 2.43. The minimum atomic E-state index is 0.275. The van der Waals surface area contributed by atoms with Crippen molar-refractivity contribution in [2.24, 2.45) is 11.8 Å². The van der Waals surface area contributed by atoms with E-state index in [0.717, 1.165) is 36.3 Å². The molecule has 2 aromatic carbocycles. The van der Waals surface area contributed by atoms with Crippen LogP contribution in [-0.2, 0) is 5.41 Å². The van der Waals surface area contributed by atoms with E-state index in [2.05, 4.69) is 43.3 Å². The number of thiophene rings is 1. The van der Waals surface area contributed by atoms with E-state index in [0.29, 0.717) is 0 Å². The molecule has 2 aliphatic carbocycles. The Kier molecular flexibility index (Phi) is 4.03. The van der Waals surface area contributed by atoms with Gasteiger partial charge < -0.3 is 10.5 Å². The minimum Gasteiger partial charge on any atom is -0.457 e. The van der Waals surface area contributed by atoms with E-state index in [1.54, 1.807) is 0 Å². The molecule has 1 aromatic heterocycles. The molecule has 2 N–H and O–H groups in total. The van der Waals surface area contributed by atoms with Crippen molar-refractivity contribution in [1.82, 2.24) is 0 Å². The van der Waals surface area contributed by atoms with Crippen LogP contribution in [0, 0.1) is 11.8 Å². The molecule has 4 heteroatoms. The second-order valence-corrected chi connectivity index (χ2v) is 10.7. The molecular formula is C25H28BNOS. The van der Waals surface area contributed by atoms with Gasteiger partial charge in [0.15, 0.2) is 0 Å². The summed E-state index contributed by atoms with van der Waals surface area (Å²) in [5.41, 5.74) is 10.5. The van der Waals surface area contributed by atoms with Gasteiger partial charge in [0.05, 0.1) is 0 Å². The van der Waals surface area contributed by atoms with Crippen LogP contribution in [0.5, 0.6) is 11.5 Å². The van der Waals surface area contributed by atoms with E-state index in [1.165, 1.54) is 70.8 Å². The Balaban J connectivity index is 1.43. The molecular weight excluding hydrogens is 373 g/mol. The fraction of sp³-hybridized carbons (Fsp3) is 0.440. The van der Waals surface area contributed by atoms with E-state index >= 15 is 0 Å². The van der Waals surface area contributed by atoms with E-state index in [1.807, 2.05) is 11.3 Å². The largest absolute Gasteiger partial charge is 0.457 e. The van der Waals surface area contributed by atoms with Gasteiger partial charge in [0.1, 0.15) is 11.5 Å². The molecule has 3 aliphatic rings. The molecule has 2 nitrogen and oxygen atoms in total. The summed E-state index contributed by atoms with van der Waals surface area (Å²) >= 11 is 1.84. The average Bonchev–Trinajstić information content (AvgIpc) is 3.09. The molecule has 148 valence electrons. The Morgan fingerprint density at radius 3 is 2.76 bits per heavy atom. The zero-order chi connectivity index (χ0) is 19.6. The fourth-order valence-corrected chi connectivity index (χ4v) is 7.66. The van der Waals surface area contributed by atoms with Crippen molar-refractivity contribution >= 4 is 44.6 Å². The van der Waals surface area contributed by atoms with Gasteiger partial charge in [-0.1, -0.05) is 38.3 Å². The monoisotopic (exact) mass is 401 g/mol. The molecule has 0 saturated heterocycles. The lowest BCUT2D eigenvalue weighted by atomic mass is 9.57. The first-order valence-electron chi connectivity index (χ1n) is 11.3. The molecule has 0 spiro atoms. The number of ether oxygens (including phenoxy) is 1. The van der Waals surface area contributed by atoms with E-state index in [-0.39, 0.29) is 5.41 Å². The van der Waals surface area contributed by atoms with Crippen molar-refractivity contribution < 1.29 is 4.74 Å². The molecule has 2 heterocycles. The number of nitrogen functional groups attached to an aromatic ring is 1. The lowest BCUT2D eigenvalue weighted by Crippen LogP contribution is -2.40. The third-order valence-electron chi connectivity index (χ3n) is 7.95. The smallest absolute Gasteiger partial charge is 0.217 e. The summed E-state index contributed by atoms with van der Waals surface area (Å²) in [6.07, 6.45) is 9.56. The normalized spacial score (nSPS) is 27.6. The first-order chi connectivity index (χ1) is 14.1. The Labute approximate surface area is 177 Å². The van der Waals surface area contributed by atoms with Crippen molar-refractivity contribution in [1.29, 1.82) is 0 Å². The van der Waals surface area contributed by atoms with Crippen molar-refractivity contribution in [2.45, 2.75) is 57.3 Å². The van der Waals surface area contributed by atoms with Crippen molar-refractivity contribution in [3.8, 4) is 11.5 Å². The average molecular weight is 401 g/mol. The molecule has 2 fully saturated rings. The summed E-state index contributed by atoms with van der Waals surface area (Å²) in [7, 11) is 0.889. The Morgan fingerprint density at radius 1 is 1.17 bits per heavy atom. The predicted molar refractivity (Wildman–Crippen MR) is 126 cm³/mol. The molecule has 0 radical (unpaired) electrons. The van der Waals surface area contributed by atoms with Gasteiger partial charge in [-0.25, -0.2) is 0 Å². The molecule has 2 unspecified atom stereocenters. The number of anilines is 1. The first-order valence-corrected chi connectivity index (χ1v) is 12.1. The summed E-state index contributed by atoms with van der Waals surface area (Å²) in [4.78, 5) is 0. The lowest BCUT2D eigenvalue weighted by Gasteiger charge is -2.48. The summed E-state index contributed by atoms with van der Waals surface area (Å²) in [6.45, 7) is 2.38. The topological polar surface area (TPSA) is 35.2 Å². The van der Waals surface area contributed by atoms with Crippen LogP contribution < -0.4 is 20.7 Å². The maximum atomic E-state index is 6.65. The highest BCUT2D eigenvalue weighted by Crippen LogP contribution is 2.52. The number of rotatable bonds is 2. The SMILES string of the molecule is CCC1(c2cc(N)c3c(c2)Oc2c(sc4ccccc24)B3)CC2CCCC(C2)C1. The highest BCUT2D eigenvalue weighted by atomic mass is 32.1. The summed E-state index contributed by atoms with van der Waals surface area (Å²) in [5.74, 6) is 3.85. The molecule has 1 aliphatic heterocycles. The molecule has 2 bridgehead atoms. The van der Waals surface area contributed by atoms with Gasteiger partial charge in [-0.15, -0.1) is 11.3 Å². The van der Waals surface area contributed by atoms with Gasteiger partial charge in [0, 0.05) is 20.6 Å². The van der Waals surface area contributed by atoms with Gasteiger partial charge >= 0.3 is 0 Å². The third-order valence-corrected chi connectivity index (χ3v) is 9.10. The predicted octanol–water partition coefficient (Wildman–Crippen LogP) is 5.22. The molecule has 3 aromatic rings. The molecule has 0 amide bonds. The zero-order valence-corrected chi connectivity index (χ0v) is 18.0. The quantitative estimate of drug-likeness (QED) is 0.369. The third kappa shape index (κ3) is 2.75. The van der Waals surface area contributed by atoms with Crippen LogP contribution in [0.25, 0.3) is 10.1 Å². The first kappa shape index (κ1) is 17.9. The second kappa shape index (κ2) is 6.53. The number of benzene rings is 2. The summed E-state index contributed by atoms with van der Waals surface area (Å²) in [5, 5.41) is 1.24. The van der Waals surface area contributed by atoms with Crippen LogP contribution in [0.15, 0.2) is 36.4 Å². The van der Waals surface area contributed by atoms with Crippen LogP contribution in [0.4, 0.5) is 5.69 Å². The molecule has 2 saturated carbocycles. The second-order valence-electron chi connectivity index (χ2n) is 9.61. The van der Waals surface area contributed by atoms with E-state index in [4.69, 9.17) is 10.5 Å². The molecule has 29 heavy (non-hydrogen) atoms. The van der Waals surface area contributed by atoms with Crippen molar-refractivity contribution in [3.05, 3.63) is 42.0 Å². The molecule has 6 rings (SSSR count). The van der Waals surface area contributed by atoms with Gasteiger partial charge in [-0.3, -0.25) is 0 Å². The van der Waals surface area contributed by atoms with Gasteiger partial charge in [-0.2, -0.15) is 0 Å². The zero-order valence-electron chi connectivity index (χ0n) is 17.2. The highest BCUT2D eigenvalue weighted by molar-refractivity contribution is 7.29. The van der Waals surface area contributed by atoms with E-state index < -0.39 is 0 Å². The number of nitrogens with two attached hydrogens (primary N) is 1. The van der Waals surface area contributed by atoms with Crippen molar-refractivity contribution in [3.63, 3.8) is 0 Å². The maximum absolute atomic E-state index is 6.65. The molecule has 2 atom stereocenters. The Morgan fingerprint density at radius 2 is 1.97 bits per heavy atom. The van der Waals surface area contributed by atoms with Crippen LogP contribution in [0.2, 0.25) is 0 Å². The summed E-state index contributed by atoms with van der Waals surface area (Å²) in [6, 6.07) is 13.2. The minimum absolute atomic E-state index is 0.275.